The molecule has 2 N–H and O–H groups in total. The van der Waals surface area contributed by atoms with Crippen LogP contribution in [0.1, 0.15) is 54.4 Å². The van der Waals surface area contributed by atoms with Gasteiger partial charge in [-0.1, -0.05) is 13.8 Å². The number of carbonyl (C=O) groups is 2. The minimum absolute atomic E-state index is 0.00749. The summed E-state index contributed by atoms with van der Waals surface area (Å²) in [6.07, 6.45) is 3.17. The lowest BCUT2D eigenvalue weighted by atomic mass is 9.76. The number of amides is 2. The Morgan fingerprint density at radius 1 is 1.40 bits per heavy atom. The number of aliphatic hydroxyl groups is 1. The second-order valence-corrected chi connectivity index (χ2v) is 9.50. The Labute approximate surface area is 156 Å². The third-order valence-corrected chi connectivity index (χ3v) is 5.72. The number of likely N-dealkylation sites (tertiary alicyclic amines) is 1. The number of thioether (sulfide) groups is 1. The van der Waals surface area contributed by atoms with Crippen molar-refractivity contribution in [2.24, 2.45) is 5.41 Å². The van der Waals surface area contributed by atoms with E-state index in [9.17, 15) is 14.7 Å². The maximum absolute atomic E-state index is 13.0. The first-order valence-electron chi connectivity index (χ1n) is 8.86. The molecule has 0 aromatic rings. The van der Waals surface area contributed by atoms with Gasteiger partial charge in [-0.25, -0.2) is 4.79 Å². The summed E-state index contributed by atoms with van der Waals surface area (Å²) in [5.74, 6) is -0.185. The highest BCUT2D eigenvalue weighted by atomic mass is 32.2. The van der Waals surface area contributed by atoms with Crippen LogP contribution in [0, 0.1) is 5.41 Å². The fourth-order valence-corrected chi connectivity index (χ4v) is 3.86. The normalized spacial score (nSPS) is 22.9. The van der Waals surface area contributed by atoms with E-state index in [1.807, 2.05) is 47.8 Å². The first-order chi connectivity index (χ1) is 11.4. The molecule has 1 saturated heterocycles. The van der Waals surface area contributed by atoms with Crippen molar-refractivity contribution in [2.75, 3.05) is 19.4 Å². The highest BCUT2D eigenvalue weighted by molar-refractivity contribution is 7.99. The number of aliphatic hydroxyl groups excluding tert-OH is 1. The van der Waals surface area contributed by atoms with Crippen LogP contribution in [0.2, 0.25) is 0 Å². The summed E-state index contributed by atoms with van der Waals surface area (Å²) in [5.41, 5.74) is -0.944. The first kappa shape index (κ1) is 22.1. The van der Waals surface area contributed by atoms with Gasteiger partial charge in [0, 0.05) is 17.8 Å². The Morgan fingerprint density at radius 3 is 2.48 bits per heavy atom. The fraction of sp³-hybridized carbons (Fsp3) is 0.889. The van der Waals surface area contributed by atoms with Gasteiger partial charge in [0.1, 0.15) is 11.6 Å². The minimum atomic E-state index is -0.603. The maximum Gasteiger partial charge on any atom is 0.410 e. The maximum atomic E-state index is 13.0. The van der Waals surface area contributed by atoms with Crippen molar-refractivity contribution >= 4 is 23.8 Å². The molecule has 6 nitrogen and oxygen atoms in total. The second kappa shape index (κ2) is 8.62. The molecule has 3 atom stereocenters. The Bertz CT molecular complexity index is 472. The van der Waals surface area contributed by atoms with Gasteiger partial charge in [-0.2, -0.15) is 11.8 Å². The van der Waals surface area contributed by atoms with E-state index >= 15 is 0 Å². The third-order valence-electron chi connectivity index (χ3n) is 4.56. The van der Waals surface area contributed by atoms with E-state index in [0.29, 0.717) is 6.54 Å². The van der Waals surface area contributed by atoms with Gasteiger partial charge in [0.05, 0.1) is 6.61 Å². The molecule has 0 saturated carbocycles. The predicted molar refractivity (Wildman–Crippen MR) is 102 cm³/mol. The van der Waals surface area contributed by atoms with E-state index in [0.717, 1.165) is 12.8 Å². The van der Waals surface area contributed by atoms with Crippen LogP contribution in [-0.2, 0) is 9.53 Å². The summed E-state index contributed by atoms with van der Waals surface area (Å²) >= 11 is 1.51. The molecule has 146 valence electrons. The van der Waals surface area contributed by atoms with Gasteiger partial charge in [-0.05, 0) is 52.2 Å². The summed E-state index contributed by atoms with van der Waals surface area (Å²) < 4.78 is 5.51. The first-order valence-corrected chi connectivity index (χ1v) is 10.2. The quantitative estimate of drug-likeness (QED) is 0.773. The van der Waals surface area contributed by atoms with Crippen LogP contribution in [0.4, 0.5) is 4.79 Å². The molecule has 0 aliphatic carbocycles. The lowest BCUT2D eigenvalue weighted by Gasteiger charge is -2.45. The summed E-state index contributed by atoms with van der Waals surface area (Å²) in [6.45, 7) is 11.9. The van der Waals surface area contributed by atoms with Crippen molar-refractivity contribution in [3.8, 4) is 0 Å². The van der Waals surface area contributed by atoms with Crippen LogP contribution in [0.3, 0.4) is 0 Å². The van der Waals surface area contributed by atoms with Crippen LogP contribution in [0.25, 0.3) is 0 Å². The van der Waals surface area contributed by atoms with Crippen molar-refractivity contribution in [3.05, 3.63) is 0 Å². The monoisotopic (exact) mass is 374 g/mol. The molecule has 1 rings (SSSR count). The summed E-state index contributed by atoms with van der Waals surface area (Å²) in [7, 11) is 0. The van der Waals surface area contributed by atoms with Gasteiger partial charge in [-0.15, -0.1) is 0 Å². The molecule has 0 spiro atoms. The van der Waals surface area contributed by atoms with E-state index in [1.54, 1.807) is 4.90 Å². The van der Waals surface area contributed by atoms with E-state index in [-0.39, 0.29) is 29.2 Å². The van der Waals surface area contributed by atoms with Crippen LogP contribution in [0.5, 0.6) is 0 Å². The number of rotatable bonds is 5. The predicted octanol–water partition coefficient (Wildman–Crippen LogP) is 2.64. The van der Waals surface area contributed by atoms with E-state index < -0.39 is 17.7 Å². The van der Waals surface area contributed by atoms with Gasteiger partial charge in [-0.3, -0.25) is 9.69 Å². The molecule has 1 aliphatic heterocycles. The molecule has 1 heterocycles. The van der Waals surface area contributed by atoms with Gasteiger partial charge in [0.2, 0.25) is 5.91 Å². The van der Waals surface area contributed by atoms with Crippen molar-refractivity contribution in [1.29, 1.82) is 0 Å². The average molecular weight is 375 g/mol. The summed E-state index contributed by atoms with van der Waals surface area (Å²) in [6, 6.07) is -0.773. The van der Waals surface area contributed by atoms with Crippen LogP contribution in [-0.4, -0.2) is 64.3 Å². The smallest absolute Gasteiger partial charge is 0.410 e. The molecule has 1 fully saturated rings. The SMILES string of the molecule is CS[C@H](CO)[C@H](C)NC(=O)[C@@H]1N(C(=O)OC(C)(C)C)CCCC1(C)C. The Kier molecular flexibility index (Phi) is 7.62. The number of hydrogen-bond acceptors (Lipinski definition) is 5. The lowest BCUT2D eigenvalue weighted by Crippen LogP contribution is -2.61. The van der Waals surface area contributed by atoms with Gasteiger partial charge >= 0.3 is 6.09 Å². The van der Waals surface area contributed by atoms with Gasteiger partial charge in [0.15, 0.2) is 0 Å². The van der Waals surface area contributed by atoms with Crippen molar-refractivity contribution in [2.45, 2.75) is 77.3 Å². The van der Waals surface area contributed by atoms with E-state index in [1.165, 1.54) is 11.8 Å². The molecular weight excluding hydrogens is 340 g/mol. The Balaban J connectivity index is 2.98. The largest absolute Gasteiger partial charge is 0.444 e. The Hall–Kier alpha value is -0.950. The number of carbonyl (C=O) groups excluding carboxylic acids is 2. The zero-order chi connectivity index (χ0) is 19.4. The van der Waals surface area contributed by atoms with Crippen LogP contribution in [0.15, 0.2) is 0 Å². The topological polar surface area (TPSA) is 78.9 Å². The molecule has 0 unspecified atom stereocenters. The zero-order valence-electron chi connectivity index (χ0n) is 16.6. The highest BCUT2D eigenvalue weighted by Gasteiger charge is 2.46. The molecule has 1 aliphatic rings. The third kappa shape index (κ3) is 6.06. The van der Waals surface area contributed by atoms with Crippen LogP contribution >= 0.6 is 11.8 Å². The molecular formula is C18H34N2O4S. The molecule has 25 heavy (non-hydrogen) atoms. The van der Waals surface area contributed by atoms with Crippen molar-refractivity contribution < 1.29 is 19.4 Å². The standard InChI is InChI=1S/C18H34N2O4S/c1-12(13(11-21)25-7)19-15(22)14-18(5,6)9-8-10-20(14)16(23)24-17(2,3)4/h12-14,21H,8-11H2,1-7H3,(H,19,22)/t12-,13+,14-/m0/s1. The highest BCUT2D eigenvalue weighted by Crippen LogP contribution is 2.36. The Morgan fingerprint density at radius 2 is 2.00 bits per heavy atom. The van der Waals surface area contributed by atoms with E-state index in [2.05, 4.69) is 5.32 Å². The van der Waals surface area contributed by atoms with Gasteiger partial charge < -0.3 is 15.2 Å². The van der Waals surface area contributed by atoms with Crippen LogP contribution < -0.4 is 5.32 Å². The molecule has 0 aromatic heterocycles. The van der Waals surface area contributed by atoms with Crippen molar-refractivity contribution in [3.63, 3.8) is 0 Å². The number of ether oxygens (including phenoxy) is 1. The molecule has 0 aromatic carbocycles. The summed E-state index contributed by atoms with van der Waals surface area (Å²) in [5, 5.41) is 12.3. The number of nitrogens with one attached hydrogen (secondary N) is 1. The fourth-order valence-electron chi connectivity index (χ4n) is 3.24. The number of piperidine rings is 1. The minimum Gasteiger partial charge on any atom is -0.444 e. The van der Waals surface area contributed by atoms with Crippen molar-refractivity contribution in [1.82, 2.24) is 10.2 Å². The summed E-state index contributed by atoms with van der Waals surface area (Å²) in [4.78, 5) is 27.2. The second-order valence-electron chi connectivity index (χ2n) is 8.42. The molecule has 7 heteroatoms. The average Bonchev–Trinajstić information content (AvgIpc) is 2.45. The molecule has 0 bridgehead atoms. The van der Waals surface area contributed by atoms with E-state index in [4.69, 9.17) is 4.74 Å². The molecule has 2 amide bonds. The number of hydrogen-bond donors (Lipinski definition) is 2. The zero-order valence-corrected chi connectivity index (χ0v) is 17.4. The lowest BCUT2D eigenvalue weighted by molar-refractivity contribution is -0.133. The molecule has 0 radical (unpaired) electrons. The van der Waals surface area contributed by atoms with Gasteiger partial charge in [0.25, 0.3) is 0 Å². The number of nitrogens with zero attached hydrogens (tertiary/aromatic N) is 1.